The quantitative estimate of drug-likeness (QED) is 0.241. The zero-order valence-corrected chi connectivity index (χ0v) is 27.7. The molecule has 0 N–H and O–H groups in total. The van der Waals surface area contributed by atoms with Crippen molar-refractivity contribution < 1.29 is 62.1 Å². The Morgan fingerprint density at radius 3 is 0.838 bits per heavy atom. The standard InChI is InChI=1S/C14H12.C5H5.2C3H8S.4CO.Mo.Nb/c1-3-7-13(8-4-1)11-12-14-9-5-2-6-10-14;1-2-4-5-3-1;2*1-3(2)4;4*1-2;;/h1-12H;1-5H;2*3-4H,1-2H3;;;;;;/q;;;;;;;;;-1/p+2. The van der Waals surface area contributed by atoms with Crippen molar-refractivity contribution in [1.29, 1.82) is 0 Å². The van der Waals surface area contributed by atoms with Crippen molar-refractivity contribution >= 4 is 25.3 Å². The summed E-state index contributed by atoms with van der Waals surface area (Å²) in [6, 6.07) is 20.6. The summed E-state index contributed by atoms with van der Waals surface area (Å²) >= 11 is 6.62. The maximum Gasteiger partial charge on any atom is 0 e. The van der Waals surface area contributed by atoms with E-state index >= 15 is 0 Å². The second kappa shape index (κ2) is 52.0. The summed E-state index contributed by atoms with van der Waals surface area (Å²) in [7, 11) is 0. The van der Waals surface area contributed by atoms with Gasteiger partial charge in [-0.15, -0.1) is 0 Å². The number of hydrogen-bond donors (Lipinski definition) is 0. The van der Waals surface area contributed by atoms with Crippen molar-refractivity contribution in [2.75, 3.05) is 0 Å². The summed E-state index contributed by atoms with van der Waals surface area (Å²) in [4.78, 5) is 0. The van der Waals surface area contributed by atoms with Crippen LogP contribution in [0, 0.1) is 71.5 Å². The first-order valence-electron chi connectivity index (χ1n) is 10.1. The minimum absolute atomic E-state index is 0. The molecule has 2 aromatic rings. The monoisotopic (exact) mass is 702 g/mol. The van der Waals surface area contributed by atoms with E-state index in [0.717, 1.165) is 0 Å². The van der Waals surface area contributed by atoms with Gasteiger partial charge in [-0.2, -0.15) is 0 Å². The van der Waals surface area contributed by atoms with E-state index in [1.807, 2.05) is 68.5 Å². The molecule has 4 nitrogen and oxygen atoms in total. The molecule has 1 aliphatic carbocycles. The Balaban J connectivity index is -0.0000000663. The third kappa shape index (κ3) is 61.3. The Labute approximate surface area is 267 Å². The van der Waals surface area contributed by atoms with Crippen LogP contribution in [-0.2, 0) is 87.3 Å². The van der Waals surface area contributed by atoms with Crippen LogP contribution in [0.1, 0.15) is 38.8 Å². The summed E-state index contributed by atoms with van der Waals surface area (Å²) in [5.41, 5.74) is 2.47. The topological polar surface area (TPSA) is 79.6 Å². The molecular weight excluding hydrogens is 665 g/mol. The summed E-state index contributed by atoms with van der Waals surface area (Å²) in [5, 5.41) is 1.28. The molecule has 8 heteroatoms. The van der Waals surface area contributed by atoms with Crippen LogP contribution in [-0.4, -0.2) is 10.5 Å². The van der Waals surface area contributed by atoms with Gasteiger partial charge in [-0.25, -0.2) is 0 Å². The molecule has 1 aliphatic rings. The number of rotatable bonds is 3. The molecule has 0 saturated heterocycles. The third-order valence-electron chi connectivity index (χ3n) is 2.62. The molecule has 0 bridgehead atoms. The van der Waals surface area contributed by atoms with Gasteiger partial charge in [-0.05, 0) is 109 Å². The summed E-state index contributed by atoms with van der Waals surface area (Å²) in [6.45, 7) is 26.3. The number of benzene rings is 2. The van der Waals surface area contributed by atoms with Gasteiger partial charge in [-0.3, -0.25) is 0 Å². The van der Waals surface area contributed by atoms with Gasteiger partial charge in [0.1, 0.15) is 10.5 Å². The van der Waals surface area contributed by atoms with Gasteiger partial charge in [0.25, 0.3) is 0 Å². The van der Waals surface area contributed by atoms with E-state index in [0.29, 0.717) is 10.5 Å². The Kier molecular flexibility index (Phi) is 74.4. The van der Waals surface area contributed by atoms with E-state index in [-0.39, 0.29) is 43.4 Å². The van der Waals surface area contributed by atoms with Gasteiger partial charge in [0.2, 0.25) is 0 Å². The van der Waals surface area contributed by atoms with Crippen LogP contribution in [0.15, 0.2) is 60.7 Å². The normalized spacial score (nSPS) is 9.19. The molecule has 1 fully saturated rings. The smallest absolute Gasteiger partial charge is 0 e. The average molecular weight is 701 g/mol. The molecule has 1 saturated carbocycles. The van der Waals surface area contributed by atoms with Crippen molar-refractivity contribution in [3.8, 4) is 0 Å². The Morgan fingerprint density at radius 2 is 0.676 bits per heavy atom. The molecule has 0 aliphatic heterocycles. The fraction of sp³-hybridized carbons (Fsp3) is 0.207. The molecular formula is C29H35MoNbO4S2+. The van der Waals surface area contributed by atoms with Crippen molar-refractivity contribution in [3.05, 3.63) is 143 Å². The minimum Gasteiger partial charge on any atom is -1.00 e. The van der Waals surface area contributed by atoms with Crippen LogP contribution in [0.25, 0.3) is 0 Å². The molecule has 0 unspecified atom stereocenters. The van der Waals surface area contributed by atoms with Crippen molar-refractivity contribution in [1.82, 2.24) is 0 Å². The van der Waals surface area contributed by atoms with Crippen molar-refractivity contribution in [3.63, 3.8) is 0 Å². The molecule has 7 radical (unpaired) electrons. The number of hydrogen-bond acceptors (Lipinski definition) is 0. The molecule has 0 atom stereocenters. The first-order chi connectivity index (χ1) is 16.9. The molecule has 197 valence electrons. The minimum atomic E-state index is 0. The summed E-state index contributed by atoms with van der Waals surface area (Å²) in [6.07, 6.45) is 14.2. The molecule has 2 aromatic carbocycles. The predicted molar refractivity (Wildman–Crippen MR) is 147 cm³/mol. The Hall–Kier alpha value is -0.471. The van der Waals surface area contributed by atoms with Crippen LogP contribution in [0.2, 0.25) is 0 Å². The Bertz CT molecular complexity index is 621. The fourth-order valence-corrected chi connectivity index (χ4v) is 1.64. The summed E-state index contributed by atoms with van der Waals surface area (Å²) < 4.78 is 30.0. The maximum atomic E-state index is 7.50. The van der Waals surface area contributed by atoms with Gasteiger partial charge in [-0.1, -0.05) is 60.7 Å². The molecule has 3 rings (SSSR count). The van der Waals surface area contributed by atoms with Crippen molar-refractivity contribution in [2.24, 2.45) is 0 Å². The third-order valence-corrected chi connectivity index (χ3v) is 2.62. The average Bonchev–Trinajstić information content (AvgIpc) is 3.49. The van der Waals surface area contributed by atoms with Gasteiger partial charge in [0.05, 0.1) is 0 Å². The van der Waals surface area contributed by atoms with E-state index < -0.39 is 0 Å². The van der Waals surface area contributed by atoms with Crippen LogP contribution in [0.3, 0.4) is 0 Å². The Morgan fingerprint density at radius 1 is 0.514 bits per heavy atom. The largest absolute Gasteiger partial charge is 1.00 e. The van der Waals surface area contributed by atoms with Gasteiger partial charge in [0.15, 0.2) is 0 Å². The molecule has 37 heavy (non-hydrogen) atoms. The van der Waals surface area contributed by atoms with Gasteiger partial charge < -0.3 is 22.4 Å². The van der Waals surface area contributed by atoms with Crippen molar-refractivity contribution in [2.45, 2.75) is 38.2 Å². The second-order valence-electron chi connectivity index (χ2n) is 6.43. The van der Waals surface area contributed by atoms with Crippen LogP contribution >= 0.6 is 0 Å². The van der Waals surface area contributed by atoms with E-state index in [1.165, 1.54) is 11.1 Å². The predicted octanol–water partition coefficient (Wildman–Crippen LogP) is 5.17. The first-order valence-corrected chi connectivity index (χ1v) is 11.3. The van der Waals surface area contributed by atoms with Gasteiger partial charge in [0, 0.05) is 21.1 Å². The van der Waals surface area contributed by atoms with Crippen LogP contribution < -0.4 is 0 Å². The molecule has 0 aromatic heterocycles. The zero-order chi connectivity index (χ0) is 28.3. The van der Waals surface area contributed by atoms with Crippen LogP contribution in [0.4, 0.5) is 0 Å². The van der Waals surface area contributed by atoms with Gasteiger partial charge >= 0.3 is 45.2 Å². The molecule has 0 amide bonds. The molecule has 0 heterocycles. The maximum absolute atomic E-state index is 7.50. The zero-order valence-electron chi connectivity index (χ0n) is 21.5. The van der Waals surface area contributed by atoms with E-state index in [2.05, 4.69) is 117 Å². The van der Waals surface area contributed by atoms with E-state index in [1.54, 1.807) is 0 Å². The van der Waals surface area contributed by atoms with Crippen LogP contribution in [0.5, 0.6) is 0 Å². The first kappa shape index (κ1) is 52.9. The van der Waals surface area contributed by atoms with E-state index in [9.17, 15) is 0 Å². The molecule has 0 spiro atoms. The fourth-order valence-electron chi connectivity index (χ4n) is 1.64. The van der Waals surface area contributed by atoms with E-state index in [4.69, 9.17) is 18.6 Å². The SMILES string of the molecule is CC(C)[SH2+].CC(C)[SH2+].[C-]#[O+].[C-]#[O+].[C-]#[O+].[C-]#[O+].[CH]([CH]c1ccccc1)c1ccccc1.[CH]1[CH][CH][CH][CH]1.[Mo].[Nb-]. The second-order valence-corrected chi connectivity index (χ2v) is 8.74. The summed E-state index contributed by atoms with van der Waals surface area (Å²) in [5.74, 6) is 0.